The average molecular weight is 364 g/mol. The van der Waals surface area contributed by atoms with Crippen molar-refractivity contribution in [2.45, 2.75) is 58.3 Å². The Balaban J connectivity index is 2.06. The highest BCUT2D eigenvalue weighted by molar-refractivity contribution is 6.03. The average Bonchev–Trinajstić information content (AvgIpc) is 2.65. The van der Waals surface area contributed by atoms with Gasteiger partial charge in [0, 0.05) is 5.71 Å². The van der Waals surface area contributed by atoms with Crippen LogP contribution in [0.2, 0.25) is 0 Å². The highest BCUT2D eigenvalue weighted by Gasteiger charge is 2.37. The number of benzene rings is 2. The normalized spacial score (nSPS) is 17.9. The Morgan fingerprint density at radius 3 is 2.26 bits per heavy atom. The summed E-state index contributed by atoms with van der Waals surface area (Å²) in [5.74, 6) is -0.365. The largest absolute Gasteiger partial charge is 0.465 e. The highest BCUT2D eigenvalue weighted by Crippen LogP contribution is 2.46. The molecule has 2 aromatic rings. The molecule has 142 valence electrons. The van der Waals surface area contributed by atoms with Crippen LogP contribution in [0.1, 0.15) is 74.5 Å². The third-order valence-corrected chi connectivity index (χ3v) is 5.87. The van der Waals surface area contributed by atoms with Crippen molar-refractivity contribution in [2.24, 2.45) is 4.99 Å². The van der Waals surface area contributed by atoms with E-state index in [2.05, 4.69) is 45.9 Å². The van der Waals surface area contributed by atoms with Gasteiger partial charge in [-0.3, -0.25) is 4.99 Å². The molecule has 0 bridgehead atoms. The second-order valence-corrected chi connectivity index (χ2v) is 8.73. The molecule has 3 nitrogen and oxygen atoms in total. The fraction of sp³-hybridized carbons (Fsp3) is 0.417. The minimum Gasteiger partial charge on any atom is -0.465 e. The van der Waals surface area contributed by atoms with E-state index in [0.29, 0.717) is 11.3 Å². The Labute approximate surface area is 162 Å². The molecular formula is C24H29NO2. The number of ether oxygens (including phenoxy) is 1. The maximum absolute atomic E-state index is 12.0. The molecule has 0 spiro atoms. The first-order valence-electron chi connectivity index (χ1n) is 9.54. The summed E-state index contributed by atoms with van der Waals surface area (Å²) >= 11 is 0. The molecule has 0 fully saturated rings. The fourth-order valence-electron chi connectivity index (χ4n) is 3.91. The third kappa shape index (κ3) is 3.69. The van der Waals surface area contributed by atoms with Gasteiger partial charge in [0.05, 0.1) is 18.4 Å². The van der Waals surface area contributed by atoms with Gasteiger partial charge in [0.1, 0.15) is 0 Å². The minimum absolute atomic E-state index is 0.158. The van der Waals surface area contributed by atoms with E-state index in [-0.39, 0.29) is 16.8 Å². The molecule has 2 aromatic carbocycles. The summed E-state index contributed by atoms with van der Waals surface area (Å²) in [6.45, 7) is 11.3. The standard InChI is InChI=1S/C24H29NO2/c1-16(25-21-10-8-7-9-18(21)22(26)27-6)17-11-12-19-20(15-17)24(4,5)14-13-23(19,2)3/h7-12,15H,13-14H2,1-6H3. The van der Waals surface area contributed by atoms with E-state index in [1.165, 1.54) is 31.1 Å². The molecular weight excluding hydrogens is 334 g/mol. The summed E-state index contributed by atoms with van der Waals surface area (Å²) in [6.07, 6.45) is 2.38. The molecule has 1 aliphatic carbocycles. The van der Waals surface area contributed by atoms with Gasteiger partial charge in [0.2, 0.25) is 0 Å². The number of rotatable bonds is 3. The van der Waals surface area contributed by atoms with E-state index < -0.39 is 0 Å². The molecule has 0 aromatic heterocycles. The number of hydrogen-bond acceptors (Lipinski definition) is 3. The lowest BCUT2D eigenvalue weighted by atomic mass is 9.63. The number of esters is 1. The predicted molar refractivity (Wildman–Crippen MR) is 111 cm³/mol. The molecule has 27 heavy (non-hydrogen) atoms. The first-order chi connectivity index (χ1) is 12.7. The lowest BCUT2D eigenvalue weighted by Gasteiger charge is -2.42. The molecule has 0 amide bonds. The van der Waals surface area contributed by atoms with Crippen molar-refractivity contribution >= 4 is 17.4 Å². The second-order valence-electron chi connectivity index (χ2n) is 8.73. The van der Waals surface area contributed by atoms with E-state index in [9.17, 15) is 4.79 Å². The van der Waals surface area contributed by atoms with Crippen molar-refractivity contribution in [3.8, 4) is 0 Å². The van der Waals surface area contributed by atoms with Gasteiger partial charge in [-0.25, -0.2) is 4.79 Å². The van der Waals surface area contributed by atoms with Crippen LogP contribution in [-0.2, 0) is 15.6 Å². The number of methoxy groups -OCH3 is 1. The molecule has 1 aliphatic rings. The predicted octanol–water partition coefficient (Wildman–Crippen LogP) is 5.96. The number of nitrogens with zero attached hydrogens (tertiary/aromatic N) is 1. The zero-order chi connectivity index (χ0) is 19.8. The Hall–Kier alpha value is -2.42. The molecule has 0 saturated heterocycles. The third-order valence-electron chi connectivity index (χ3n) is 5.87. The zero-order valence-corrected chi connectivity index (χ0v) is 17.2. The van der Waals surface area contributed by atoms with Crippen LogP contribution in [0.25, 0.3) is 0 Å². The summed E-state index contributed by atoms with van der Waals surface area (Å²) in [6, 6.07) is 14.0. The van der Waals surface area contributed by atoms with Gasteiger partial charge < -0.3 is 4.74 Å². The maximum atomic E-state index is 12.0. The molecule has 0 saturated carbocycles. The van der Waals surface area contributed by atoms with Crippen LogP contribution in [0, 0.1) is 0 Å². The number of para-hydroxylation sites is 1. The van der Waals surface area contributed by atoms with E-state index in [4.69, 9.17) is 9.73 Å². The van der Waals surface area contributed by atoms with E-state index in [1.807, 2.05) is 25.1 Å². The molecule has 0 heterocycles. The van der Waals surface area contributed by atoms with Crippen LogP contribution < -0.4 is 0 Å². The number of fused-ring (bicyclic) bond motifs is 1. The van der Waals surface area contributed by atoms with Crippen LogP contribution in [0.15, 0.2) is 47.5 Å². The van der Waals surface area contributed by atoms with Crippen LogP contribution in [0.4, 0.5) is 5.69 Å². The van der Waals surface area contributed by atoms with Gasteiger partial charge in [0.25, 0.3) is 0 Å². The topological polar surface area (TPSA) is 38.7 Å². The SMILES string of the molecule is COC(=O)c1ccccc1N=C(C)c1ccc2c(c1)C(C)(C)CCC2(C)C. The lowest BCUT2D eigenvalue weighted by molar-refractivity contribution is 0.0601. The molecule has 3 rings (SSSR count). The summed E-state index contributed by atoms with van der Waals surface area (Å²) in [4.78, 5) is 16.8. The second kappa shape index (κ2) is 6.95. The molecule has 3 heteroatoms. The van der Waals surface area contributed by atoms with Gasteiger partial charge in [-0.1, -0.05) is 52.0 Å². The van der Waals surface area contributed by atoms with Gasteiger partial charge in [-0.05, 0) is 65.5 Å². The molecule has 0 N–H and O–H groups in total. The van der Waals surface area contributed by atoms with E-state index in [0.717, 1.165) is 11.3 Å². The molecule has 0 atom stereocenters. The summed E-state index contributed by atoms with van der Waals surface area (Å²) in [5, 5.41) is 0. The summed E-state index contributed by atoms with van der Waals surface area (Å²) in [7, 11) is 1.39. The minimum atomic E-state index is -0.365. The van der Waals surface area contributed by atoms with Crippen LogP contribution >= 0.6 is 0 Å². The van der Waals surface area contributed by atoms with Crippen LogP contribution in [-0.4, -0.2) is 18.8 Å². The fourth-order valence-corrected chi connectivity index (χ4v) is 3.91. The van der Waals surface area contributed by atoms with Gasteiger partial charge >= 0.3 is 5.97 Å². The molecule has 0 unspecified atom stereocenters. The van der Waals surface area contributed by atoms with Crippen molar-refractivity contribution in [3.05, 3.63) is 64.7 Å². The smallest absolute Gasteiger partial charge is 0.340 e. The van der Waals surface area contributed by atoms with Gasteiger partial charge in [0.15, 0.2) is 0 Å². The van der Waals surface area contributed by atoms with Crippen LogP contribution in [0.5, 0.6) is 0 Å². The summed E-state index contributed by atoms with van der Waals surface area (Å²) < 4.78 is 4.88. The monoisotopic (exact) mass is 363 g/mol. The number of hydrogen-bond donors (Lipinski definition) is 0. The van der Waals surface area contributed by atoms with Crippen molar-refractivity contribution in [3.63, 3.8) is 0 Å². The van der Waals surface area contributed by atoms with Crippen molar-refractivity contribution in [1.29, 1.82) is 0 Å². The van der Waals surface area contributed by atoms with Crippen molar-refractivity contribution in [2.75, 3.05) is 7.11 Å². The first-order valence-corrected chi connectivity index (χ1v) is 9.54. The first kappa shape index (κ1) is 19.3. The Morgan fingerprint density at radius 2 is 1.59 bits per heavy atom. The number of aliphatic imine (C=N–C) groups is 1. The van der Waals surface area contributed by atoms with E-state index >= 15 is 0 Å². The molecule has 0 radical (unpaired) electrons. The quantitative estimate of drug-likeness (QED) is 0.498. The van der Waals surface area contributed by atoms with Gasteiger partial charge in [-0.2, -0.15) is 0 Å². The maximum Gasteiger partial charge on any atom is 0.340 e. The Morgan fingerprint density at radius 1 is 0.963 bits per heavy atom. The van der Waals surface area contributed by atoms with Crippen LogP contribution in [0.3, 0.4) is 0 Å². The number of carbonyl (C=O) groups is 1. The van der Waals surface area contributed by atoms with Crippen molar-refractivity contribution < 1.29 is 9.53 Å². The zero-order valence-electron chi connectivity index (χ0n) is 17.2. The molecule has 0 aliphatic heterocycles. The Kier molecular flexibility index (Phi) is 4.98. The lowest BCUT2D eigenvalue weighted by Crippen LogP contribution is -2.34. The Bertz CT molecular complexity index is 906. The van der Waals surface area contributed by atoms with E-state index in [1.54, 1.807) is 6.07 Å². The number of carbonyl (C=O) groups excluding carboxylic acids is 1. The summed E-state index contributed by atoms with van der Waals surface area (Å²) in [5.41, 5.74) is 6.32. The van der Waals surface area contributed by atoms with Crippen molar-refractivity contribution in [1.82, 2.24) is 0 Å². The van der Waals surface area contributed by atoms with Gasteiger partial charge in [-0.15, -0.1) is 0 Å². The highest BCUT2D eigenvalue weighted by atomic mass is 16.5.